The smallest absolute Gasteiger partial charge is 0.238 e. The first-order valence-corrected chi connectivity index (χ1v) is 10.7. The van der Waals surface area contributed by atoms with Crippen LogP contribution in [0.25, 0.3) is 0 Å². The lowest BCUT2D eigenvalue weighted by Crippen LogP contribution is -2.45. The monoisotopic (exact) mass is 430 g/mol. The minimum atomic E-state index is -0.504. The number of hydrogen-bond acceptors (Lipinski definition) is 7. The number of nitrogens with zero attached hydrogens (tertiary/aromatic N) is 2. The van der Waals surface area contributed by atoms with Gasteiger partial charge in [0.15, 0.2) is 17.4 Å². The second-order valence-electron chi connectivity index (χ2n) is 8.26. The quantitative estimate of drug-likeness (QED) is 0.500. The molecule has 8 heteroatoms. The first-order valence-electron chi connectivity index (χ1n) is 10.7. The zero-order valence-corrected chi connectivity index (χ0v) is 17.6. The van der Waals surface area contributed by atoms with E-state index in [1.54, 1.807) is 49.4 Å². The molecule has 2 aromatic carbocycles. The lowest BCUT2D eigenvalue weighted by atomic mass is 9.83. The van der Waals surface area contributed by atoms with Crippen LogP contribution >= 0.6 is 0 Å². The van der Waals surface area contributed by atoms with Gasteiger partial charge >= 0.3 is 0 Å². The van der Waals surface area contributed by atoms with Crippen molar-refractivity contribution in [3.05, 3.63) is 76.4 Å². The van der Waals surface area contributed by atoms with E-state index in [0.29, 0.717) is 34.1 Å². The largest absolute Gasteiger partial charge is 0.340 e. The SMILES string of the molecule is Cc1nc(C2(NCC(=O)Nc3cccc4c3C(=O)c3ccccc3C4=O)CCCC2)no1. The van der Waals surface area contributed by atoms with Crippen LogP contribution in [-0.4, -0.2) is 34.2 Å². The van der Waals surface area contributed by atoms with Crippen molar-refractivity contribution in [3.8, 4) is 0 Å². The van der Waals surface area contributed by atoms with Crippen LogP contribution in [0.4, 0.5) is 5.69 Å². The summed E-state index contributed by atoms with van der Waals surface area (Å²) in [6.07, 6.45) is 3.63. The van der Waals surface area contributed by atoms with Gasteiger partial charge in [-0.05, 0) is 18.9 Å². The highest BCUT2D eigenvalue weighted by Gasteiger charge is 2.40. The fraction of sp³-hybridized carbons (Fsp3) is 0.292. The van der Waals surface area contributed by atoms with E-state index >= 15 is 0 Å². The molecule has 5 rings (SSSR count). The van der Waals surface area contributed by atoms with Crippen molar-refractivity contribution in [2.75, 3.05) is 11.9 Å². The Morgan fingerprint density at radius 2 is 1.69 bits per heavy atom. The van der Waals surface area contributed by atoms with E-state index in [0.717, 1.165) is 25.7 Å². The van der Waals surface area contributed by atoms with Gasteiger partial charge in [0.2, 0.25) is 11.8 Å². The molecule has 0 aliphatic heterocycles. The maximum atomic E-state index is 13.1. The Bertz CT molecular complexity index is 1240. The predicted molar refractivity (Wildman–Crippen MR) is 116 cm³/mol. The van der Waals surface area contributed by atoms with Crippen molar-refractivity contribution in [3.63, 3.8) is 0 Å². The lowest BCUT2D eigenvalue weighted by Gasteiger charge is -2.26. The molecule has 0 bridgehead atoms. The summed E-state index contributed by atoms with van der Waals surface area (Å²) < 4.78 is 5.15. The number of carbonyl (C=O) groups is 3. The van der Waals surface area contributed by atoms with Gasteiger partial charge in [0, 0.05) is 23.6 Å². The highest BCUT2D eigenvalue weighted by molar-refractivity contribution is 6.30. The third kappa shape index (κ3) is 3.33. The average molecular weight is 430 g/mol. The van der Waals surface area contributed by atoms with Crippen LogP contribution in [0.2, 0.25) is 0 Å². The molecule has 0 atom stereocenters. The van der Waals surface area contributed by atoms with E-state index in [2.05, 4.69) is 20.8 Å². The maximum Gasteiger partial charge on any atom is 0.238 e. The third-order valence-corrected chi connectivity index (χ3v) is 6.23. The van der Waals surface area contributed by atoms with Gasteiger partial charge in [0.05, 0.1) is 23.3 Å². The Labute approximate surface area is 184 Å². The van der Waals surface area contributed by atoms with Crippen molar-refractivity contribution in [2.45, 2.75) is 38.1 Å². The molecule has 1 amide bonds. The Kier molecular flexibility index (Phi) is 4.94. The highest BCUT2D eigenvalue weighted by atomic mass is 16.5. The van der Waals surface area contributed by atoms with Gasteiger partial charge in [0.1, 0.15) is 0 Å². The molecule has 0 saturated heterocycles. The van der Waals surface area contributed by atoms with Gasteiger partial charge in [-0.25, -0.2) is 0 Å². The second kappa shape index (κ2) is 7.80. The predicted octanol–water partition coefficient (Wildman–Crippen LogP) is 3.15. The molecule has 32 heavy (non-hydrogen) atoms. The summed E-state index contributed by atoms with van der Waals surface area (Å²) in [5.74, 6) is 0.242. The van der Waals surface area contributed by atoms with Gasteiger partial charge < -0.3 is 9.84 Å². The Hall–Kier alpha value is -3.65. The van der Waals surface area contributed by atoms with Gasteiger partial charge in [-0.1, -0.05) is 54.4 Å². The van der Waals surface area contributed by atoms with Crippen LogP contribution < -0.4 is 10.6 Å². The molecule has 8 nitrogen and oxygen atoms in total. The molecule has 2 aliphatic carbocycles. The second-order valence-corrected chi connectivity index (χ2v) is 8.26. The fourth-order valence-corrected chi connectivity index (χ4v) is 4.64. The molecular formula is C24H22N4O4. The molecule has 3 aromatic rings. The summed E-state index contributed by atoms with van der Waals surface area (Å²) in [4.78, 5) is 43.2. The Morgan fingerprint density at radius 1 is 1.00 bits per heavy atom. The van der Waals surface area contributed by atoms with Gasteiger partial charge in [-0.3, -0.25) is 19.7 Å². The number of carbonyl (C=O) groups excluding carboxylic acids is 3. The third-order valence-electron chi connectivity index (χ3n) is 6.23. The van der Waals surface area contributed by atoms with Gasteiger partial charge in [-0.2, -0.15) is 4.98 Å². The molecule has 162 valence electrons. The van der Waals surface area contributed by atoms with Crippen molar-refractivity contribution in [1.29, 1.82) is 0 Å². The minimum absolute atomic E-state index is 0.00990. The number of amides is 1. The van der Waals surface area contributed by atoms with Gasteiger partial charge in [0.25, 0.3) is 0 Å². The van der Waals surface area contributed by atoms with E-state index in [9.17, 15) is 14.4 Å². The van der Waals surface area contributed by atoms with Crippen molar-refractivity contribution in [2.24, 2.45) is 0 Å². The van der Waals surface area contributed by atoms with Crippen LogP contribution in [0.3, 0.4) is 0 Å². The van der Waals surface area contributed by atoms with E-state index < -0.39 is 5.54 Å². The van der Waals surface area contributed by atoms with Crippen LogP contribution in [0.1, 0.15) is 69.2 Å². The number of hydrogen-bond donors (Lipinski definition) is 2. The molecule has 0 unspecified atom stereocenters. The number of fused-ring (bicyclic) bond motifs is 2. The number of rotatable bonds is 5. The van der Waals surface area contributed by atoms with Crippen molar-refractivity contribution < 1.29 is 18.9 Å². The summed E-state index contributed by atoms with van der Waals surface area (Å²) in [7, 11) is 0. The maximum absolute atomic E-state index is 13.1. The molecule has 1 aromatic heterocycles. The number of aryl methyl sites for hydroxylation is 1. The number of ketones is 2. The fourth-order valence-electron chi connectivity index (χ4n) is 4.64. The summed E-state index contributed by atoms with van der Waals surface area (Å²) in [5, 5.41) is 10.2. The molecule has 2 N–H and O–H groups in total. The molecule has 1 saturated carbocycles. The Balaban J connectivity index is 1.37. The minimum Gasteiger partial charge on any atom is -0.340 e. The molecule has 1 fully saturated rings. The summed E-state index contributed by atoms with van der Waals surface area (Å²) >= 11 is 0. The van der Waals surface area contributed by atoms with Crippen molar-refractivity contribution in [1.82, 2.24) is 15.5 Å². The first kappa shape index (κ1) is 20.3. The number of benzene rings is 2. The zero-order valence-electron chi connectivity index (χ0n) is 17.6. The summed E-state index contributed by atoms with van der Waals surface area (Å²) in [6, 6.07) is 11.7. The van der Waals surface area contributed by atoms with Crippen LogP contribution in [0, 0.1) is 6.92 Å². The zero-order chi connectivity index (χ0) is 22.3. The average Bonchev–Trinajstić information content (AvgIpc) is 3.46. The van der Waals surface area contributed by atoms with E-state index in [-0.39, 0.29) is 29.6 Å². The van der Waals surface area contributed by atoms with Crippen LogP contribution in [0.15, 0.2) is 47.0 Å². The summed E-state index contributed by atoms with van der Waals surface area (Å²) in [6.45, 7) is 1.75. The van der Waals surface area contributed by atoms with Crippen LogP contribution in [0.5, 0.6) is 0 Å². The topological polar surface area (TPSA) is 114 Å². The molecule has 1 heterocycles. The lowest BCUT2D eigenvalue weighted by molar-refractivity contribution is -0.115. The normalized spacial score (nSPS) is 16.5. The molecule has 2 aliphatic rings. The van der Waals surface area contributed by atoms with E-state index in [4.69, 9.17) is 4.52 Å². The molecular weight excluding hydrogens is 408 g/mol. The number of anilines is 1. The molecule has 0 spiro atoms. The highest BCUT2D eigenvalue weighted by Crippen LogP contribution is 2.37. The van der Waals surface area contributed by atoms with Crippen molar-refractivity contribution >= 4 is 23.2 Å². The molecule has 0 radical (unpaired) electrons. The summed E-state index contributed by atoms with van der Waals surface area (Å²) in [5.41, 5.74) is 1.09. The van der Waals surface area contributed by atoms with E-state index in [1.807, 2.05) is 0 Å². The standard InChI is InChI=1S/C24H22N4O4/c1-14-26-23(28-32-14)24(11-4-5-12-24)25-13-19(29)27-18-10-6-9-17-20(18)22(31)16-8-3-2-7-15(16)21(17)30/h2-3,6-10,25H,4-5,11-13H2,1H3,(H,27,29). The van der Waals surface area contributed by atoms with E-state index in [1.165, 1.54) is 0 Å². The Morgan fingerprint density at radius 3 is 2.38 bits per heavy atom. The van der Waals surface area contributed by atoms with Crippen LogP contribution in [-0.2, 0) is 10.3 Å². The number of nitrogens with one attached hydrogen (secondary N) is 2. The first-order chi connectivity index (χ1) is 15.5. The number of aromatic nitrogens is 2. The van der Waals surface area contributed by atoms with Gasteiger partial charge in [-0.15, -0.1) is 0 Å².